The zero-order chi connectivity index (χ0) is 15.9. The molecular weight excluding hydrogens is 304 g/mol. The van der Waals surface area contributed by atoms with Crippen molar-refractivity contribution in [2.45, 2.75) is 0 Å². The SMILES string of the molecule is O=[N+]([O-])c1ccc(O)c(C=NNC(=S)Nc2ccccc2)c1. The van der Waals surface area contributed by atoms with E-state index in [-0.39, 0.29) is 22.1 Å². The summed E-state index contributed by atoms with van der Waals surface area (Å²) in [5, 5.41) is 27.3. The summed E-state index contributed by atoms with van der Waals surface area (Å²) in [6.07, 6.45) is 1.25. The Kier molecular flexibility index (Phi) is 4.99. The minimum Gasteiger partial charge on any atom is -0.507 e. The van der Waals surface area contributed by atoms with E-state index in [9.17, 15) is 15.2 Å². The molecule has 0 bridgehead atoms. The summed E-state index contributed by atoms with van der Waals surface area (Å²) in [6, 6.07) is 12.9. The molecule has 3 N–H and O–H groups in total. The van der Waals surface area contributed by atoms with Crippen molar-refractivity contribution in [2.75, 3.05) is 5.32 Å². The predicted molar refractivity (Wildman–Crippen MR) is 88.2 cm³/mol. The molecule has 0 saturated heterocycles. The number of aromatic hydroxyl groups is 1. The van der Waals surface area contributed by atoms with Gasteiger partial charge in [0.1, 0.15) is 5.75 Å². The van der Waals surface area contributed by atoms with Crippen molar-refractivity contribution in [3.05, 3.63) is 64.2 Å². The molecule has 0 aliphatic rings. The molecule has 7 nitrogen and oxygen atoms in total. The number of anilines is 1. The molecule has 22 heavy (non-hydrogen) atoms. The van der Waals surface area contributed by atoms with E-state index in [1.54, 1.807) is 0 Å². The summed E-state index contributed by atoms with van der Waals surface area (Å²) in [4.78, 5) is 10.1. The lowest BCUT2D eigenvalue weighted by molar-refractivity contribution is -0.384. The standard InChI is InChI=1S/C14H12N4O3S/c19-13-7-6-12(18(20)21)8-10(13)9-15-17-14(22)16-11-4-2-1-3-5-11/h1-9,19H,(H2,16,17,22). The molecule has 8 heteroatoms. The average Bonchev–Trinajstić information content (AvgIpc) is 2.50. The Bertz CT molecular complexity index is 719. The van der Waals surface area contributed by atoms with Crippen LogP contribution in [0.15, 0.2) is 53.6 Å². The highest BCUT2D eigenvalue weighted by molar-refractivity contribution is 7.80. The van der Waals surface area contributed by atoms with Crippen molar-refractivity contribution in [1.29, 1.82) is 0 Å². The van der Waals surface area contributed by atoms with Crippen LogP contribution in [-0.2, 0) is 0 Å². The first kappa shape index (κ1) is 15.4. The fraction of sp³-hybridized carbons (Fsp3) is 0. The Labute approximate surface area is 131 Å². The van der Waals surface area contributed by atoms with E-state index in [4.69, 9.17) is 12.2 Å². The zero-order valence-corrected chi connectivity index (χ0v) is 12.1. The summed E-state index contributed by atoms with van der Waals surface area (Å²) in [7, 11) is 0. The van der Waals surface area contributed by atoms with Gasteiger partial charge in [0.2, 0.25) is 0 Å². The minimum absolute atomic E-state index is 0.113. The molecule has 0 saturated carbocycles. The number of nitro groups is 1. The Morgan fingerprint density at radius 1 is 1.27 bits per heavy atom. The van der Waals surface area contributed by atoms with Gasteiger partial charge in [-0.2, -0.15) is 5.10 Å². The number of hydrogen-bond acceptors (Lipinski definition) is 5. The second-order valence-electron chi connectivity index (χ2n) is 4.19. The van der Waals surface area contributed by atoms with Crippen molar-refractivity contribution >= 4 is 34.9 Å². The Morgan fingerprint density at radius 2 is 2.00 bits per heavy atom. The maximum absolute atomic E-state index is 10.7. The number of phenols is 1. The monoisotopic (exact) mass is 316 g/mol. The number of thiocarbonyl (C=S) groups is 1. The van der Waals surface area contributed by atoms with Crippen molar-refractivity contribution in [3.63, 3.8) is 0 Å². The highest BCUT2D eigenvalue weighted by Crippen LogP contribution is 2.21. The molecule has 0 unspecified atom stereocenters. The lowest BCUT2D eigenvalue weighted by Gasteiger charge is -2.06. The molecule has 0 spiro atoms. The molecule has 0 amide bonds. The highest BCUT2D eigenvalue weighted by Gasteiger charge is 2.08. The molecule has 0 atom stereocenters. The smallest absolute Gasteiger partial charge is 0.270 e. The second kappa shape index (κ2) is 7.14. The van der Waals surface area contributed by atoms with Gasteiger partial charge in [0, 0.05) is 23.4 Å². The van der Waals surface area contributed by atoms with Crippen LogP contribution in [0.1, 0.15) is 5.56 Å². The van der Waals surface area contributed by atoms with Crippen LogP contribution in [0.25, 0.3) is 0 Å². The van der Waals surface area contributed by atoms with E-state index >= 15 is 0 Å². The van der Waals surface area contributed by atoms with E-state index in [2.05, 4.69) is 15.8 Å². The average molecular weight is 316 g/mol. The Balaban J connectivity index is 1.99. The fourth-order valence-electron chi connectivity index (χ4n) is 1.60. The predicted octanol–water partition coefficient (Wildman–Crippen LogP) is 2.62. The summed E-state index contributed by atoms with van der Waals surface area (Å²) < 4.78 is 0. The lowest BCUT2D eigenvalue weighted by Crippen LogP contribution is -2.23. The summed E-state index contributed by atoms with van der Waals surface area (Å²) in [5.74, 6) is -0.113. The van der Waals surface area contributed by atoms with E-state index in [1.807, 2.05) is 30.3 Å². The lowest BCUT2D eigenvalue weighted by atomic mass is 10.2. The van der Waals surface area contributed by atoms with Gasteiger partial charge in [-0.15, -0.1) is 0 Å². The number of hydrogen-bond donors (Lipinski definition) is 3. The summed E-state index contributed by atoms with van der Waals surface area (Å²) in [6.45, 7) is 0. The molecule has 112 valence electrons. The fourth-order valence-corrected chi connectivity index (χ4v) is 1.77. The van der Waals surface area contributed by atoms with Crippen LogP contribution >= 0.6 is 12.2 Å². The second-order valence-corrected chi connectivity index (χ2v) is 4.60. The number of benzene rings is 2. The van der Waals surface area contributed by atoms with Crippen LogP contribution in [0.4, 0.5) is 11.4 Å². The van der Waals surface area contributed by atoms with Gasteiger partial charge in [-0.3, -0.25) is 15.5 Å². The molecule has 2 aromatic rings. The molecule has 2 aromatic carbocycles. The first-order valence-corrected chi connectivity index (χ1v) is 6.59. The van der Waals surface area contributed by atoms with Gasteiger partial charge in [0.25, 0.3) is 5.69 Å². The number of para-hydroxylation sites is 1. The molecule has 0 aliphatic heterocycles. The van der Waals surface area contributed by atoms with Gasteiger partial charge in [-0.25, -0.2) is 0 Å². The van der Waals surface area contributed by atoms with Crippen molar-refractivity contribution in [2.24, 2.45) is 5.10 Å². The maximum atomic E-state index is 10.7. The first-order valence-electron chi connectivity index (χ1n) is 6.19. The summed E-state index contributed by atoms with van der Waals surface area (Å²) in [5.41, 5.74) is 3.44. The molecule has 0 radical (unpaired) electrons. The van der Waals surface area contributed by atoms with Crippen molar-refractivity contribution in [1.82, 2.24) is 5.43 Å². The minimum atomic E-state index is -0.550. The number of nitro benzene ring substituents is 1. The van der Waals surface area contributed by atoms with Gasteiger partial charge in [-0.1, -0.05) is 18.2 Å². The number of non-ortho nitro benzene ring substituents is 1. The van der Waals surface area contributed by atoms with Gasteiger partial charge in [-0.05, 0) is 30.4 Å². The topological polar surface area (TPSA) is 99.8 Å². The quantitative estimate of drug-likeness (QED) is 0.347. The van der Waals surface area contributed by atoms with Crippen LogP contribution in [0.2, 0.25) is 0 Å². The van der Waals surface area contributed by atoms with Crippen LogP contribution in [0.3, 0.4) is 0 Å². The Morgan fingerprint density at radius 3 is 2.68 bits per heavy atom. The largest absolute Gasteiger partial charge is 0.507 e. The van der Waals surface area contributed by atoms with E-state index in [0.717, 1.165) is 5.69 Å². The molecule has 2 rings (SSSR count). The first-order chi connectivity index (χ1) is 10.6. The van der Waals surface area contributed by atoms with Crippen LogP contribution < -0.4 is 10.7 Å². The summed E-state index contributed by atoms with van der Waals surface area (Å²) >= 11 is 5.04. The third-order valence-corrected chi connectivity index (χ3v) is 2.82. The van der Waals surface area contributed by atoms with E-state index in [0.29, 0.717) is 0 Å². The van der Waals surface area contributed by atoms with E-state index in [1.165, 1.54) is 24.4 Å². The van der Waals surface area contributed by atoms with E-state index < -0.39 is 4.92 Å². The van der Waals surface area contributed by atoms with Crippen LogP contribution in [0.5, 0.6) is 5.75 Å². The van der Waals surface area contributed by atoms with Crippen LogP contribution in [0, 0.1) is 10.1 Å². The third kappa shape index (κ3) is 4.25. The van der Waals surface area contributed by atoms with Crippen molar-refractivity contribution < 1.29 is 10.0 Å². The third-order valence-electron chi connectivity index (χ3n) is 2.62. The number of hydrazone groups is 1. The van der Waals surface area contributed by atoms with Crippen LogP contribution in [-0.4, -0.2) is 21.4 Å². The molecule has 0 aromatic heterocycles. The normalized spacial score (nSPS) is 10.4. The number of rotatable bonds is 4. The molecule has 0 heterocycles. The van der Waals surface area contributed by atoms with Gasteiger partial charge in [0.15, 0.2) is 5.11 Å². The van der Waals surface area contributed by atoms with Gasteiger partial charge in [0.05, 0.1) is 11.1 Å². The molecule has 0 fully saturated rings. The zero-order valence-electron chi connectivity index (χ0n) is 11.3. The number of phenolic OH excluding ortho intramolecular Hbond substituents is 1. The molecule has 0 aliphatic carbocycles. The Hall–Kier alpha value is -3.00. The number of nitrogens with zero attached hydrogens (tertiary/aromatic N) is 2. The number of nitrogens with one attached hydrogen (secondary N) is 2. The highest BCUT2D eigenvalue weighted by atomic mass is 32.1. The van der Waals surface area contributed by atoms with Gasteiger partial charge < -0.3 is 10.4 Å². The van der Waals surface area contributed by atoms with Gasteiger partial charge >= 0.3 is 0 Å². The maximum Gasteiger partial charge on any atom is 0.270 e. The molecular formula is C14H12N4O3S. The van der Waals surface area contributed by atoms with Crippen molar-refractivity contribution in [3.8, 4) is 5.75 Å².